The van der Waals surface area contributed by atoms with Crippen molar-refractivity contribution < 1.29 is 5.11 Å². The zero-order chi connectivity index (χ0) is 13.9. The zero-order valence-corrected chi connectivity index (χ0v) is 12.6. The summed E-state index contributed by atoms with van der Waals surface area (Å²) < 4.78 is 0. The molecule has 0 fully saturated rings. The topological polar surface area (TPSA) is 20.2 Å². The third-order valence-corrected chi connectivity index (χ3v) is 5.36. The maximum atomic E-state index is 10.2. The summed E-state index contributed by atoms with van der Waals surface area (Å²) in [7, 11) is 0. The highest BCUT2D eigenvalue weighted by Gasteiger charge is 2.27. The van der Waals surface area contributed by atoms with E-state index in [2.05, 4.69) is 55.5 Å². The third kappa shape index (κ3) is 2.92. The fourth-order valence-corrected chi connectivity index (χ4v) is 3.85. The van der Waals surface area contributed by atoms with Gasteiger partial charge in [0.05, 0.1) is 6.10 Å². The molecule has 0 saturated carbocycles. The molecule has 0 heterocycles. The zero-order valence-electron chi connectivity index (χ0n) is 11.8. The number of hydrogen-bond donors (Lipinski definition) is 1. The van der Waals surface area contributed by atoms with Crippen molar-refractivity contribution in [2.45, 2.75) is 36.7 Å². The maximum Gasteiger partial charge on any atom is 0.0640 e. The number of benzene rings is 2. The van der Waals surface area contributed by atoms with Crippen LogP contribution in [0.5, 0.6) is 0 Å². The Morgan fingerprint density at radius 2 is 1.90 bits per heavy atom. The summed E-state index contributed by atoms with van der Waals surface area (Å²) in [6, 6.07) is 17.0. The van der Waals surface area contributed by atoms with Gasteiger partial charge in [0.2, 0.25) is 0 Å². The molecule has 0 amide bonds. The Morgan fingerprint density at radius 1 is 1.15 bits per heavy atom. The van der Waals surface area contributed by atoms with E-state index in [0.29, 0.717) is 5.92 Å². The van der Waals surface area contributed by atoms with Crippen LogP contribution in [0.15, 0.2) is 53.4 Å². The number of rotatable bonds is 5. The smallest absolute Gasteiger partial charge is 0.0640 e. The highest BCUT2D eigenvalue weighted by Crippen LogP contribution is 2.38. The summed E-state index contributed by atoms with van der Waals surface area (Å²) in [5.74, 6) is 1.34. The second-order valence-electron chi connectivity index (χ2n) is 5.57. The first-order valence-electron chi connectivity index (χ1n) is 7.18. The van der Waals surface area contributed by atoms with Gasteiger partial charge in [0.15, 0.2) is 0 Å². The van der Waals surface area contributed by atoms with Crippen LogP contribution in [-0.4, -0.2) is 17.0 Å². The van der Waals surface area contributed by atoms with E-state index in [-0.39, 0.29) is 6.10 Å². The van der Waals surface area contributed by atoms with Crippen molar-refractivity contribution in [3.8, 4) is 0 Å². The number of aliphatic hydroxyl groups is 1. The van der Waals surface area contributed by atoms with Crippen molar-refractivity contribution in [3.05, 3.63) is 65.2 Å². The molecule has 0 aliphatic heterocycles. The minimum absolute atomic E-state index is 0.224. The molecular formula is C18H20OS. The summed E-state index contributed by atoms with van der Waals surface area (Å²) in [5.41, 5.74) is 4.18. The molecule has 2 aromatic rings. The van der Waals surface area contributed by atoms with Gasteiger partial charge in [-0.2, -0.15) is 0 Å². The van der Waals surface area contributed by atoms with Crippen LogP contribution in [0.1, 0.15) is 29.0 Å². The van der Waals surface area contributed by atoms with Crippen molar-refractivity contribution in [3.63, 3.8) is 0 Å². The first-order chi connectivity index (χ1) is 9.74. The van der Waals surface area contributed by atoms with E-state index < -0.39 is 0 Å². The number of thioether (sulfide) groups is 1. The van der Waals surface area contributed by atoms with Crippen LogP contribution in [0, 0.1) is 6.92 Å². The van der Waals surface area contributed by atoms with Gasteiger partial charge in [-0.05, 0) is 48.4 Å². The van der Waals surface area contributed by atoms with Crippen LogP contribution in [0.3, 0.4) is 0 Å². The lowest BCUT2D eigenvalue weighted by atomic mass is 9.75. The number of aryl methyl sites for hydroxylation is 1. The monoisotopic (exact) mass is 284 g/mol. The number of aliphatic hydroxyl groups excluding tert-OH is 1. The van der Waals surface area contributed by atoms with Crippen molar-refractivity contribution in [2.24, 2.45) is 0 Å². The van der Waals surface area contributed by atoms with Gasteiger partial charge in [-0.25, -0.2) is 0 Å². The van der Waals surface area contributed by atoms with Crippen LogP contribution in [-0.2, 0) is 6.42 Å². The molecule has 1 aliphatic carbocycles. The van der Waals surface area contributed by atoms with E-state index in [1.807, 2.05) is 0 Å². The van der Waals surface area contributed by atoms with Crippen LogP contribution < -0.4 is 0 Å². The molecule has 2 atom stereocenters. The van der Waals surface area contributed by atoms with Gasteiger partial charge in [0.1, 0.15) is 0 Å². The van der Waals surface area contributed by atoms with Crippen molar-refractivity contribution in [2.75, 3.05) is 5.75 Å². The van der Waals surface area contributed by atoms with E-state index in [4.69, 9.17) is 0 Å². The summed E-state index contributed by atoms with van der Waals surface area (Å²) in [4.78, 5) is 1.28. The molecule has 0 radical (unpaired) electrons. The molecule has 0 aromatic heterocycles. The fourth-order valence-electron chi connectivity index (χ4n) is 2.87. The van der Waals surface area contributed by atoms with Gasteiger partial charge in [0.25, 0.3) is 0 Å². The summed E-state index contributed by atoms with van der Waals surface area (Å²) in [6.45, 7) is 2.12. The summed E-state index contributed by atoms with van der Waals surface area (Å²) in [6.07, 6.45) is 1.79. The third-order valence-electron chi connectivity index (χ3n) is 4.04. The van der Waals surface area contributed by atoms with Crippen LogP contribution in [0.4, 0.5) is 0 Å². The Hall–Kier alpha value is -1.25. The largest absolute Gasteiger partial charge is 0.392 e. The molecule has 2 aromatic carbocycles. The van der Waals surface area contributed by atoms with Gasteiger partial charge in [-0.1, -0.05) is 42.5 Å². The maximum absolute atomic E-state index is 10.2. The highest BCUT2D eigenvalue weighted by atomic mass is 32.2. The molecule has 2 heteroatoms. The molecule has 1 nitrogen and oxygen atoms in total. The lowest BCUT2D eigenvalue weighted by Crippen LogP contribution is -2.23. The first kappa shape index (κ1) is 13.7. The normalized spacial score (nSPS) is 18.2. The standard InChI is InChI=1S/C18H20OS/c1-13-6-2-5-9-18(13)20-12-16(19)11-15-10-14-7-3-4-8-17(14)15/h2-9,15-16,19H,10-12H2,1H3. The Bertz CT molecular complexity index is 593. The predicted molar refractivity (Wildman–Crippen MR) is 85.4 cm³/mol. The van der Waals surface area contributed by atoms with Crippen LogP contribution in [0.25, 0.3) is 0 Å². The van der Waals surface area contributed by atoms with Gasteiger partial charge >= 0.3 is 0 Å². The van der Waals surface area contributed by atoms with E-state index in [1.165, 1.54) is 21.6 Å². The molecule has 1 aliphatic rings. The average molecular weight is 284 g/mol. The average Bonchev–Trinajstić information content (AvgIpc) is 2.44. The summed E-state index contributed by atoms with van der Waals surface area (Å²) >= 11 is 1.76. The Kier molecular flexibility index (Phi) is 4.13. The van der Waals surface area contributed by atoms with E-state index in [1.54, 1.807) is 11.8 Å². The lowest BCUT2D eigenvalue weighted by Gasteiger charge is -2.31. The van der Waals surface area contributed by atoms with Crippen molar-refractivity contribution >= 4 is 11.8 Å². The number of fused-ring (bicyclic) bond motifs is 1. The summed E-state index contributed by atoms with van der Waals surface area (Å²) in [5, 5.41) is 10.2. The molecule has 20 heavy (non-hydrogen) atoms. The van der Waals surface area contributed by atoms with Gasteiger partial charge in [-0.15, -0.1) is 11.8 Å². The molecule has 0 saturated heterocycles. The quantitative estimate of drug-likeness (QED) is 0.831. The highest BCUT2D eigenvalue weighted by molar-refractivity contribution is 7.99. The van der Waals surface area contributed by atoms with Crippen LogP contribution in [0.2, 0.25) is 0 Å². The van der Waals surface area contributed by atoms with Crippen molar-refractivity contribution in [1.29, 1.82) is 0 Å². The Labute approximate surface area is 125 Å². The molecule has 2 unspecified atom stereocenters. The molecule has 1 N–H and O–H groups in total. The molecule has 3 rings (SSSR count). The number of hydrogen-bond acceptors (Lipinski definition) is 2. The van der Waals surface area contributed by atoms with E-state index in [9.17, 15) is 5.11 Å². The van der Waals surface area contributed by atoms with Gasteiger partial charge in [-0.3, -0.25) is 0 Å². The van der Waals surface area contributed by atoms with Gasteiger partial charge < -0.3 is 5.11 Å². The molecule has 104 valence electrons. The van der Waals surface area contributed by atoms with Crippen LogP contribution >= 0.6 is 11.8 Å². The SMILES string of the molecule is Cc1ccccc1SCC(O)CC1Cc2ccccc21. The minimum Gasteiger partial charge on any atom is -0.392 e. The minimum atomic E-state index is -0.224. The Morgan fingerprint density at radius 3 is 2.70 bits per heavy atom. The molecule has 0 bridgehead atoms. The second-order valence-corrected chi connectivity index (χ2v) is 6.63. The molecular weight excluding hydrogens is 264 g/mol. The predicted octanol–water partition coefficient (Wildman–Crippen LogP) is 4.18. The lowest BCUT2D eigenvalue weighted by molar-refractivity contribution is 0.175. The van der Waals surface area contributed by atoms with E-state index in [0.717, 1.165) is 18.6 Å². The van der Waals surface area contributed by atoms with E-state index >= 15 is 0 Å². The Balaban J connectivity index is 1.52. The molecule has 0 spiro atoms. The van der Waals surface area contributed by atoms with Gasteiger partial charge in [0, 0.05) is 10.6 Å². The second kappa shape index (κ2) is 6.02. The fraction of sp³-hybridized carbons (Fsp3) is 0.333. The first-order valence-corrected chi connectivity index (χ1v) is 8.17. The van der Waals surface area contributed by atoms with Crippen molar-refractivity contribution in [1.82, 2.24) is 0 Å².